The van der Waals surface area contributed by atoms with Crippen LogP contribution < -0.4 is 5.32 Å². The molecule has 1 nitrogen and oxygen atoms in total. The fourth-order valence-corrected chi connectivity index (χ4v) is 2.00. The Morgan fingerprint density at radius 3 is 2.79 bits per heavy atom. The molecule has 2 heteroatoms. The number of rotatable bonds is 4. The van der Waals surface area contributed by atoms with Crippen molar-refractivity contribution in [3.8, 4) is 12.3 Å². The number of hydrogen-bond donors (Lipinski definition) is 1. The van der Waals surface area contributed by atoms with Crippen LogP contribution in [0, 0.1) is 12.3 Å². The van der Waals surface area contributed by atoms with Crippen molar-refractivity contribution in [1.82, 2.24) is 5.32 Å². The number of thioether (sulfide) groups is 1. The number of hydrogen-bond acceptors (Lipinski definition) is 2. The van der Waals surface area contributed by atoms with Gasteiger partial charge in [-0.1, -0.05) is 31.0 Å². The van der Waals surface area contributed by atoms with Crippen LogP contribution in [-0.4, -0.2) is 12.8 Å². The average molecular weight is 205 g/mol. The Balaban J connectivity index is 2.97. The second-order valence-corrected chi connectivity index (χ2v) is 3.75. The first-order valence-electron chi connectivity index (χ1n) is 4.66. The Morgan fingerprint density at radius 1 is 1.50 bits per heavy atom. The van der Waals surface area contributed by atoms with Crippen molar-refractivity contribution >= 4 is 11.8 Å². The summed E-state index contributed by atoms with van der Waals surface area (Å²) in [6.45, 7) is 2.95. The van der Waals surface area contributed by atoms with Crippen LogP contribution in [0.1, 0.15) is 18.5 Å². The Morgan fingerprint density at radius 2 is 2.21 bits per heavy atom. The molecule has 0 saturated carbocycles. The monoisotopic (exact) mass is 205 g/mol. The molecule has 1 atom stereocenters. The van der Waals surface area contributed by atoms with Gasteiger partial charge in [-0.3, -0.25) is 0 Å². The Bertz CT molecular complexity index is 327. The van der Waals surface area contributed by atoms with E-state index in [0.717, 1.165) is 6.54 Å². The summed E-state index contributed by atoms with van der Waals surface area (Å²) in [7, 11) is 0. The van der Waals surface area contributed by atoms with E-state index < -0.39 is 0 Å². The highest BCUT2D eigenvalue weighted by Crippen LogP contribution is 2.25. The molecule has 0 saturated heterocycles. The number of terminal acetylenes is 1. The third kappa shape index (κ3) is 2.54. The standard InChI is InChI=1S/C12H15NS/c1-4-11(13-5-2)10-8-6-7-9-12(10)14-3/h1,6-9,11,13H,5H2,2-3H3. The molecule has 0 radical (unpaired) electrons. The van der Waals surface area contributed by atoms with Crippen molar-refractivity contribution in [3.05, 3.63) is 29.8 Å². The summed E-state index contributed by atoms with van der Waals surface area (Å²) in [5, 5.41) is 3.27. The Kier molecular flexibility index (Phi) is 4.58. The van der Waals surface area contributed by atoms with E-state index in [1.807, 2.05) is 12.1 Å². The van der Waals surface area contributed by atoms with E-state index in [1.165, 1.54) is 10.5 Å². The smallest absolute Gasteiger partial charge is 0.0953 e. The molecule has 0 spiro atoms. The lowest BCUT2D eigenvalue weighted by Crippen LogP contribution is -2.19. The lowest BCUT2D eigenvalue weighted by Gasteiger charge is -2.14. The van der Waals surface area contributed by atoms with Crippen molar-refractivity contribution in [2.24, 2.45) is 0 Å². The third-order valence-corrected chi connectivity index (χ3v) is 2.84. The van der Waals surface area contributed by atoms with Gasteiger partial charge < -0.3 is 5.32 Å². The van der Waals surface area contributed by atoms with Crippen LogP contribution in [0.3, 0.4) is 0 Å². The molecule has 1 N–H and O–H groups in total. The first kappa shape index (κ1) is 11.2. The van der Waals surface area contributed by atoms with Gasteiger partial charge in [0.25, 0.3) is 0 Å². The summed E-state index contributed by atoms with van der Waals surface area (Å²) < 4.78 is 0. The summed E-state index contributed by atoms with van der Waals surface area (Å²) >= 11 is 1.73. The van der Waals surface area contributed by atoms with E-state index >= 15 is 0 Å². The summed E-state index contributed by atoms with van der Waals surface area (Å²) in [5.41, 5.74) is 1.20. The maximum absolute atomic E-state index is 5.49. The normalized spacial score (nSPS) is 12.1. The lowest BCUT2D eigenvalue weighted by atomic mass is 10.1. The topological polar surface area (TPSA) is 12.0 Å². The zero-order chi connectivity index (χ0) is 10.4. The molecular weight excluding hydrogens is 190 g/mol. The van der Waals surface area contributed by atoms with Gasteiger partial charge in [-0.25, -0.2) is 0 Å². The molecule has 74 valence electrons. The van der Waals surface area contributed by atoms with Gasteiger partial charge in [-0.2, -0.15) is 0 Å². The largest absolute Gasteiger partial charge is 0.300 e. The molecular formula is C12H15NS. The zero-order valence-corrected chi connectivity index (χ0v) is 9.40. The van der Waals surface area contributed by atoms with Crippen LogP contribution in [-0.2, 0) is 0 Å². The number of benzene rings is 1. The van der Waals surface area contributed by atoms with Crippen LogP contribution in [0.25, 0.3) is 0 Å². The lowest BCUT2D eigenvalue weighted by molar-refractivity contribution is 0.656. The van der Waals surface area contributed by atoms with Crippen molar-refractivity contribution in [2.75, 3.05) is 12.8 Å². The summed E-state index contributed by atoms with van der Waals surface area (Å²) in [6.07, 6.45) is 7.56. The fourth-order valence-electron chi connectivity index (χ4n) is 1.37. The van der Waals surface area contributed by atoms with Crippen molar-refractivity contribution in [2.45, 2.75) is 17.9 Å². The van der Waals surface area contributed by atoms with Gasteiger partial charge in [-0.05, 0) is 24.4 Å². The molecule has 0 fully saturated rings. The van der Waals surface area contributed by atoms with Crippen LogP contribution >= 0.6 is 11.8 Å². The maximum Gasteiger partial charge on any atom is 0.0953 e. The van der Waals surface area contributed by atoms with E-state index in [0.29, 0.717) is 0 Å². The molecule has 0 aliphatic carbocycles. The third-order valence-electron chi connectivity index (χ3n) is 2.02. The summed E-state index contributed by atoms with van der Waals surface area (Å²) in [6, 6.07) is 8.27. The highest BCUT2D eigenvalue weighted by Gasteiger charge is 2.09. The Hall–Kier alpha value is -0.910. The fraction of sp³-hybridized carbons (Fsp3) is 0.333. The van der Waals surface area contributed by atoms with Gasteiger partial charge in [0.15, 0.2) is 0 Å². The highest BCUT2D eigenvalue weighted by atomic mass is 32.2. The minimum atomic E-state index is 0.0312. The predicted molar refractivity (Wildman–Crippen MR) is 63.5 cm³/mol. The van der Waals surface area contributed by atoms with Gasteiger partial charge in [0, 0.05) is 4.90 Å². The van der Waals surface area contributed by atoms with Gasteiger partial charge in [0.2, 0.25) is 0 Å². The summed E-state index contributed by atoms with van der Waals surface area (Å²) in [4.78, 5) is 1.25. The first-order chi connectivity index (χ1) is 6.83. The van der Waals surface area contributed by atoms with Gasteiger partial charge in [-0.15, -0.1) is 18.2 Å². The van der Waals surface area contributed by atoms with Crippen molar-refractivity contribution in [3.63, 3.8) is 0 Å². The van der Waals surface area contributed by atoms with Crippen molar-refractivity contribution in [1.29, 1.82) is 0 Å². The second-order valence-electron chi connectivity index (χ2n) is 2.90. The van der Waals surface area contributed by atoms with Gasteiger partial charge in [0.05, 0.1) is 6.04 Å². The SMILES string of the molecule is C#CC(NCC)c1ccccc1SC. The van der Waals surface area contributed by atoms with E-state index in [4.69, 9.17) is 6.42 Å². The maximum atomic E-state index is 5.49. The molecule has 0 bridgehead atoms. The molecule has 0 aliphatic rings. The zero-order valence-electron chi connectivity index (χ0n) is 8.58. The first-order valence-corrected chi connectivity index (χ1v) is 5.88. The highest BCUT2D eigenvalue weighted by molar-refractivity contribution is 7.98. The van der Waals surface area contributed by atoms with Crippen LogP contribution in [0.15, 0.2) is 29.2 Å². The van der Waals surface area contributed by atoms with Crippen LogP contribution in [0.5, 0.6) is 0 Å². The van der Waals surface area contributed by atoms with E-state index in [-0.39, 0.29) is 6.04 Å². The second kappa shape index (κ2) is 5.74. The van der Waals surface area contributed by atoms with Crippen LogP contribution in [0.2, 0.25) is 0 Å². The molecule has 0 aromatic heterocycles. The molecule has 1 rings (SSSR count). The van der Waals surface area contributed by atoms with E-state index in [9.17, 15) is 0 Å². The average Bonchev–Trinajstić information content (AvgIpc) is 2.26. The molecule has 1 aromatic carbocycles. The molecule has 0 aliphatic heterocycles. The molecule has 0 amide bonds. The summed E-state index contributed by atoms with van der Waals surface area (Å²) in [5.74, 6) is 2.77. The Labute approximate surface area is 90.3 Å². The van der Waals surface area contributed by atoms with Crippen molar-refractivity contribution < 1.29 is 0 Å². The minimum Gasteiger partial charge on any atom is -0.300 e. The molecule has 1 unspecified atom stereocenters. The van der Waals surface area contributed by atoms with E-state index in [1.54, 1.807) is 11.8 Å². The van der Waals surface area contributed by atoms with E-state index in [2.05, 4.69) is 36.5 Å². The van der Waals surface area contributed by atoms with Gasteiger partial charge in [0.1, 0.15) is 0 Å². The predicted octanol–water partition coefficient (Wildman–Crippen LogP) is 2.69. The molecule has 0 heterocycles. The molecule has 14 heavy (non-hydrogen) atoms. The van der Waals surface area contributed by atoms with Gasteiger partial charge >= 0.3 is 0 Å². The minimum absolute atomic E-state index is 0.0312. The number of nitrogens with one attached hydrogen (secondary N) is 1. The van der Waals surface area contributed by atoms with Crippen LogP contribution in [0.4, 0.5) is 0 Å². The molecule has 1 aromatic rings. The quantitative estimate of drug-likeness (QED) is 0.599.